The molecule has 1 heterocycles. The Bertz CT molecular complexity index is 706. The minimum atomic E-state index is -6.60. The lowest BCUT2D eigenvalue weighted by atomic mass is 10.2. The van der Waals surface area contributed by atoms with Crippen LogP contribution in [0.25, 0.3) is 0 Å². The van der Waals surface area contributed by atoms with E-state index in [2.05, 4.69) is 35.7 Å². The lowest BCUT2D eigenvalue weighted by molar-refractivity contribution is -0.0476. The molecule has 0 aromatic carbocycles. The third kappa shape index (κ3) is 9.71. The molecule has 1 rings (SSSR count). The molecule has 0 fully saturated rings. The number of nitrogens with zero attached hydrogens (tertiary/aromatic N) is 2. The van der Waals surface area contributed by atoms with Crippen molar-refractivity contribution in [3.05, 3.63) is 25.1 Å². The number of halogens is 6. The smallest absolute Gasteiger partial charge is 0.359 e. The van der Waals surface area contributed by atoms with Gasteiger partial charge in [0.1, 0.15) is 0 Å². The highest BCUT2D eigenvalue weighted by atomic mass is 32.3. The first kappa shape index (κ1) is 27.5. The summed E-state index contributed by atoms with van der Waals surface area (Å²) in [6, 6.07) is 0. The van der Waals surface area contributed by atoms with E-state index in [-0.39, 0.29) is 0 Å². The Morgan fingerprint density at radius 3 is 1.83 bits per heavy atom. The molecule has 1 N–H and O–H groups in total. The molecule has 0 aromatic heterocycles. The van der Waals surface area contributed by atoms with E-state index in [1.165, 1.54) is 32.2 Å². The first-order chi connectivity index (χ1) is 13.1. The normalized spacial score (nSPS) is 15.3. The van der Waals surface area contributed by atoms with Gasteiger partial charge in [0.05, 0.1) is 6.67 Å². The second-order valence-corrected chi connectivity index (χ2v) is 9.46. The van der Waals surface area contributed by atoms with Crippen LogP contribution in [0.1, 0.15) is 32.6 Å². The molecule has 0 saturated heterocycles. The van der Waals surface area contributed by atoms with Crippen molar-refractivity contribution in [2.75, 3.05) is 19.8 Å². The van der Waals surface area contributed by atoms with Gasteiger partial charge in [0.15, 0.2) is 0 Å². The summed E-state index contributed by atoms with van der Waals surface area (Å²) in [4.78, 5) is 4.64. The van der Waals surface area contributed by atoms with E-state index < -0.39 is 35.2 Å². The number of nitrogens with one attached hydrogen (secondary N) is 1. The topological polar surface area (TPSA) is 86.8 Å². The number of sulfonamides is 2. The molecule has 0 saturated carbocycles. The van der Waals surface area contributed by atoms with Crippen molar-refractivity contribution < 1.29 is 43.2 Å². The maximum atomic E-state index is 11.5. The molecule has 0 atom stereocenters. The molecule has 0 spiro atoms. The van der Waals surface area contributed by atoms with Crippen LogP contribution in [0.3, 0.4) is 0 Å². The molecule has 15 heteroatoms. The van der Waals surface area contributed by atoms with Crippen LogP contribution in [0.2, 0.25) is 0 Å². The fourth-order valence-corrected chi connectivity index (χ4v) is 3.84. The highest BCUT2D eigenvalue weighted by Gasteiger charge is 2.55. The van der Waals surface area contributed by atoms with Crippen LogP contribution in [0, 0.1) is 0 Å². The van der Waals surface area contributed by atoms with Crippen LogP contribution in [-0.2, 0) is 20.0 Å². The molecule has 0 amide bonds. The van der Waals surface area contributed by atoms with Gasteiger partial charge in [-0.2, -0.15) is 26.3 Å². The van der Waals surface area contributed by atoms with Crippen molar-refractivity contribution in [2.45, 2.75) is 43.6 Å². The van der Waals surface area contributed by atoms with Gasteiger partial charge in [-0.1, -0.05) is 36.4 Å². The van der Waals surface area contributed by atoms with Gasteiger partial charge < -0.3 is 9.80 Å². The predicted octanol–water partition coefficient (Wildman–Crippen LogP) is 3.07. The number of hydrogen-bond donors (Lipinski definition) is 1. The predicted molar refractivity (Wildman–Crippen MR) is 94.8 cm³/mol. The summed E-state index contributed by atoms with van der Waals surface area (Å²) in [6.45, 7) is 9.19. The lowest BCUT2D eigenvalue weighted by Crippen LogP contribution is -2.45. The monoisotopic (exact) mass is 475 g/mol. The molecule has 172 valence electrons. The molecule has 1 aliphatic heterocycles. The zero-order chi connectivity index (χ0) is 22.9. The molecule has 29 heavy (non-hydrogen) atoms. The average molecular weight is 475 g/mol. The Morgan fingerprint density at radius 1 is 0.931 bits per heavy atom. The minimum Gasteiger partial charge on any atom is -0.359 e. The highest BCUT2D eigenvalue weighted by Crippen LogP contribution is 2.27. The fourth-order valence-electron chi connectivity index (χ4n) is 1.93. The van der Waals surface area contributed by atoms with Gasteiger partial charge in [-0.25, -0.2) is 16.8 Å². The maximum Gasteiger partial charge on any atom is 0.512 e. The Balaban J connectivity index is 0.000000541. The van der Waals surface area contributed by atoms with Gasteiger partial charge in [0, 0.05) is 25.5 Å². The van der Waals surface area contributed by atoms with E-state index in [1.54, 1.807) is 0 Å². The molecule has 1 aliphatic rings. The molecule has 7 nitrogen and oxygen atoms in total. The Hall–Kier alpha value is -1.48. The van der Waals surface area contributed by atoms with E-state index in [9.17, 15) is 43.2 Å². The minimum absolute atomic E-state index is 0.493. The van der Waals surface area contributed by atoms with Crippen molar-refractivity contribution in [3.63, 3.8) is 0 Å². The second-order valence-electron chi connectivity index (χ2n) is 5.85. The summed E-state index contributed by atoms with van der Waals surface area (Å²) in [5.74, 6) is 0. The van der Waals surface area contributed by atoms with Crippen LogP contribution in [0.4, 0.5) is 26.3 Å². The summed E-state index contributed by atoms with van der Waals surface area (Å²) >= 11 is 0. The Morgan fingerprint density at radius 2 is 1.41 bits per heavy atom. The standard InChI is InChI=1S/C12H22N2.C2HF6NO4S2/c1-3-5-6-7-9-14-11-10-13(12-14)8-4-2;3-1(4,5)14(10,11)9-15(12,13)2(6,7)8/h4,10-11H,2-3,5-9,12H2,1H3;9H. The number of unbranched alkanes of at least 4 members (excludes halogenated alkanes) is 3. The summed E-state index contributed by atoms with van der Waals surface area (Å²) in [6.07, 6.45) is 11.7. The first-order valence-electron chi connectivity index (χ1n) is 8.26. The van der Waals surface area contributed by atoms with Crippen LogP contribution in [0.15, 0.2) is 25.1 Å². The van der Waals surface area contributed by atoms with Crippen LogP contribution >= 0.6 is 0 Å². The quantitative estimate of drug-likeness (QED) is 0.313. The van der Waals surface area contributed by atoms with Crippen LogP contribution < -0.4 is 4.13 Å². The van der Waals surface area contributed by atoms with E-state index in [4.69, 9.17) is 0 Å². The number of hydrogen-bond acceptors (Lipinski definition) is 6. The van der Waals surface area contributed by atoms with E-state index in [0.717, 1.165) is 13.2 Å². The summed E-state index contributed by atoms with van der Waals surface area (Å²) in [7, 11) is -13.2. The molecule has 0 radical (unpaired) electrons. The molecular weight excluding hydrogens is 452 g/mol. The summed E-state index contributed by atoms with van der Waals surface area (Å²) in [5.41, 5.74) is -12.3. The van der Waals surface area contributed by atoms with Gasteiger partial charge in [-0.05, 0) is 6.42 Å². The zero-order valence-corrected chi connectivity index (χ0v) is 17.1. The summed E-state index contributed by atoms with van der Waals surface area (Å²) < 4.78 is 108. The van der Waals surface area contributed by atoms with Crippen LogP contribution in [0.5, 0.6) is 0 Å². The van der Waals surface area contributed by atoms with Gasteiger partial charge in [-0.15, -0.1) is 6.58 Å². The average Bonchev–Trinajstić information content (AvgIpc) is 2.97. The van der Waals surface area contributed by atoms with E-state index in [1.807, 2.05) is 6.08 Å². The van der Waals surface area contributed by atoms with Crippen molar-refractivity contribution >= 4 is 20.0 Å². The van der Waals surface area contributed by atoms with Gasteiger partial charge >= 0.3 is 31.1 Å². The Kier molecular flexibility index (Phi) is 10.5. The number of alkyl halides is 6. The summed E-state index contributed by atoms with van der Waals surface area (Å²) in [5, 5.41) is 0. The van der Waals surface area contributed by atoms with Gasteiger partial charge in [0.2, 0.25) is 0 Å². The largest absolute Gasteiger partial charge is 0.512 e. The van der Waals surface area contributed by atoms with Crippen LogP contribution in [-0.4, -0.2) is 57.4 Å². The molecule has 0 aliphatic carbocycles. The van der Waals surface area contributed by atoms with Crippen molar-refractivity contribution in [2.24, 2.45) is 0 Å². The zero-order valence-electron chi connectivity index (χ0n) is 15.5. The van der Waals surface area contributed by atoms with E-state index in [0.29, 0.717) is 0 Å². The van der Waals surface area contributed by atoms with Gasteiger partial charge in [0.25, 0.3) is 0 Å². The molecular formula is C14H23F6N3O4S2. The third-order valence-corrected chi connectivity index (χ3v) is 6.32. The SMILES string of the molecule is C=CCN1C=CN(CCCCCC)C1.O=S(=O)(NS(=O)(=O)C(F)(F)F)C(F)(F)F. The molecule has 0 unspecified atom stereocenters. The third-order valence-electron chi connectivity index (χ3n) is 3.34. The van der Waals surface area contributed by atoms with E-state index >= 15 is 0 Å². The molecule has 0 bridgehead atoms. The van der Waals surface area contributed by atoms with Crippen molar-refractivity contribution in [1.82, 2.24) is 13.9 Å². The Labute approximate surface area is 166 Å². The van der Waals surface area contributed by atoms with Crippen molar-refractivity contribution in [3.8, 4) is 0 Å². The van der Waals surface area contributed by atoms with Gasteiger partial charge in [-0.3, -0.25) is 0 Å². The second kappa shape index (κ2) is 11.1. The number of rotatable bonds is 9. The fraction of sp³-hybridized carbons (Fsp3) is 0.714. The lowest BCUT2D eigenvalue weighted by Gasteiger charge is -2.19. The van der Waals surface area contributed by atoms with Crippen molar-refractivity contribution in [1.29, 1.82) is 0 Å². The molecule has 0 aromatic rings. The first-order valence-corrected chi connectivity index (χ1v) is 11.2. The maximum absolute atomic E-state index is 11.5. The highest BCUT2D eigenvalue weighted by molar-refractivity contribution is 8.05.